The van der Waals surface area contributed by atoms with E-state index < -0.39 is 30.4 Å². The molecule has 1 aromatic rings. The molecule has 0 fully saturated rings. The van der Waals surface area contributed by atoms with Crippen LogP contribution in [0.1, 0.15) is 12.5 Å². The second-order valence-electron chi connectivity index (χ2n) is 5.93. The molecule has 0 unspecified atom stereocenters. The van der Waals surface area contributed by atoms with Gasteiger partial charge in [0.25, 0.3) is 0 Å². The minimum absolute atomic E-state index is 0.233. The molecule has 0 bridgehead atoms. The molecule has 0 aliphatic heterocycles. The van der Waals surface area contributed by atoms with Crippen LogP contribution in [0.25, 0.3) is 0 Å². The van der Waals surface area contributed by atoms with Crippen molar-refractivity contribution >= 4 is 33.8 Å². The van der Waals surface area contributed by atoms with Gasteiger partial charge in [-0.3, -0.25) is 0 Å². The van der Waals surface area contributed by atoms with Crippen molar-refractivity contribution in [2.24, 2.45) is 0 Å². The van der Waals surface area contributed by atoms with Gasteiger partial charge >= 0.3 is 125 Å². The molecule has 0 heterocycles. The van der Waals surface area contributed by atoms with Crippen molar-refractivity contribution in [3.05, 3.63) is 29.8 Å². The van der Waals surface area contributed by atoms with Crippen molar-refractivity contribution in [3.8, 4) is 0 Å². The molecule has 4 nitrogen and oxygen atoms in total. The zero-order chi connectivity index (χ0) is 15.3. The third kappa shape index (κ3) is 5.15. The Hall–Kier alpha value is -1.04. The molecular weight excluding hydrogens is 361 g/mol. The molecule has 0 saturated heterocycles. The van der Waals surface area contributed by atoms with Crippen LogP contribution in [-0.2, 0) is 20.7 Å². The number of ether oxygens (including phenoxy) is 1. The third-order valence-electron chi connectivity index (χ3n) is 3.12. The van der Waals surface area contributed by atoms with E-state index in [4.69, 9.17) is 4.74 Å². The van der Waals surface area contributed by atoms with E-state index in [1.807, 2.05) is 12.1 Å². The molecule has 0 aromatic heterocycles. The first kappa shape index (κ1) is 17.0. The number of hydrogen-bond donors (Lipinski definition) is 1. The summed E-state index contributed by atoms with van der Waals surface area (Å²) in [6, 6.07) is 7.74. The van der Waals surface area contributed by atoms with Crippen LogP contribution < -0.4 is 8.90 Å². The Morgan fingerprint density at radius 2 is 1.75 bits per heavy atom. The fraction of sp³-hybridized carbons (Fsp3) is 0.467. The van der Waals surface area contributed by atoms with Crippen LogP contribution >= 0.6 is 0 Å². The van der Waals surface area contributed by atoms with Gasteiger partial charge in [-0.25, -0.2) is 0 Å². The molecule has 0 spiro atoms. The van der Waals surface area contributed by atoms with Crippen molar-refractivity contribution in [3.63, 3.8) is 0 Å². The van der Waals surface area contributed by atoms with E-state index in [-0.39, 0.29) is 5.91 Å². The second-order valence-corrected chi connectivity index (χ2v) is 20.4. The predicted octanol–water partition coefficient (Wildman–Crippen LogP) is 1.45. The van der Waals surface area contributed by atoms with Crippen LogP contribution in [0.5, 0.6) is 0 Å². The summed E-state index contributed by atoms with van der Waals surface area (Å²) in [5.41, 5.74) is 1.02. The van der Waals surface area contributed by atoms with E-state index in [1.165, 1.54) is 17.6 Å². The Bertz CT molecular complexity index is 477. The average molecular weight is 384 g/mol. The van der Waals surface area contributed by atoms with Gasteiger partial charge in [-0.1, -0.05) is 0 Å². The number of carbonyl (C=O) groups excluding carboxylic acids is 2. The van der Waals surface area contributed by atoms with Crippen molar-refractivity contribution in [1.29, 1.82) is 0 Å². The number of rotatable bonds is 5. The molecule has 1 atom stereocenters. The maximum atomic E-state index is 11.7. The number of nitrogens with one attached hydrogen (secondary N) is 1. The van der Waals surface area contributed by atoms with E-state index in [1.54, 1.807) is 0 Å². The van der Waals surface area contributed by atoms with Gasteiger partial charge < -0.3 is 0 Å². The van der Waals surface area contributed by atoms with Gasteiger partial charge in [0.05, 0.1) is 0 Å². The molecule has 1 amide bonds. The quantitative estimate of drug-likeness (QED) is 0.618. The van der Waals surface area contributed by atoms with Gasteiger partial charge in [-0.05, 0) is 0 Å². The molecule has 0 aliphatic carbocycles. The van der Waals surface area contributed by atoms with Crippen LogP contribution in [0.4, 0.5) is 0 Å². The summed E-state index contributed by atoms with van der Waals surface area (Å²) in [5.74, 6) is -0.651. The Kier molecular flexibility index (Phi) is 6.04. The number of carbonyl (C=O) groups is 2. The van der Waals surface area contributed by atoms with Crippen LogP contribution in [0.2, 0.25) is 14.8 Å². The molecule has 0 saturated carbocycles. The number of methoxy groups -OCH3 is 1. The van der Waals surface area contributed by atoms with E-state index >= 15 is 0 Å². The summed E-state index contributed by atoms with van der Waals surface area (Å²) in [7, 11) is 1.33. The van der Waals surface area contributed by atoms with Gasteiger partial charge in [-0.15, -0.1) is 0 Å². The fourth-order valence-electron chi connectivity index (χ4n) is 1.96. The first-order valence-corrected chi connectivity index (χ1v) is 16.7. The van der Waals surface area contributed by atoms with E-state index in [2.05, 4.69) is 32.3 Å². The number of hydrogen-bond acceptors (Lipinski definition) is 3. The van der Waals surface area contributed by atoms with Gasteiger partial charge in [0.2, 0.25) is 0 Å². The second kappa shape index (κ2) is 7.11. The first-order chi connectivity index (χ1) is 9.24. The third-order valence-corrected chi connectivity index (χ3v) is 9.02. The summed E-state index contributed by atoms with van der Waals surface area (Å²) < 4.78 is 6.16. The molecule has 1 N–H and O–H groups in total. The predicted molar refractivity (Wildman–Crippen MR) is 82.7 cm³/mol. The Balaban J connectivity index is 2.83. The topological polar surface area (TPSA) is 55.4 Å². The Morgan fingerprint density at radius 1 is 1.20 bits per heavy atom. The standard InChI is InChI=1S/C12H14NO3.3CH3.Sn/c1-9(14)13-11(12(15)16-2)8-10-6-4-3-5-7-10;;;;/h4-7,11H,8H2,1-2H3,(H,13,14);3*1H3;/t11-;;;;/m0..../s1. The summed E-state index contributed by atoms with van der Waals surface area (Å²) in [5, 5.41) is 2.62. The molecule has 0 radical (unpaired) electrons. The van der Waals surface area contributed by atoms with Gasteiger partial charge in [0, 0.05) is 0 Å². The number of amides is 1. The zero-order valence-electron chi connectivity index (χ0n) is 12.8. The summed E-state index contributed by atoms with van der Waals surface area (Å²) >= 11 is -2.03. The van der Waals surface area contributed by atoms with Crippen molar-refractivity contribution in [1.82, 2.24) is 5.32 Å². The van der Waals surface area contributed by atoms with Crippen LogP contribution in [0.3, 0.4) is 0 Å². The first-order valence-electron chi connectivity index (χ1n) is 6.68. The maximum absolute atomic E-state index is 11.7. The zero-order valence-corrected chi connectivity index (χ0v) is 15.7. The monoisotopic (exact) mass is 385 g/mol. The van der Waals surface area contributed by atoms with Gasteiger partial charge in [0.1, 0.15) is 0 Å². The molecule has 20 heavy (non-hydrogen) atoms. The van der Waals surface area contributed by atoms with Crippen LogP contribution in [0.15, 0.2) is 24.3 Å². The summed E-state index contributed by atoms with van der Waals surface area (Å²) in [6.07, 6.45) is 0.451. The van der Waals surface area contributed by atoms with E-state index in [0.29, 0.717) is 6.42 Å². The normalized spacial score (nSPS) is 12.7. The SMILES string of the molecule is COC(=O)[C@H](Cc1cc[c]([Sn]([CH3])([CH3])[CH3])cc1)NC(C)=O. The summed E-state index contributed by atoms with van der Waals surface area (Å²) in [6.45, 7) is 1.40. The molecule has 1 rings (SSSR count). The van der Waals surface area contributed by atoms with E-state index in [0.717, 1.165) is 5.56 Å². The van der Waals surface area contributed by atoms with Crippen LogP contribution in [-0.4, -0.2) is 43.4 Å². The molecular formula is C15H23NO3Sn. The van der Waals surface area contributed by atoms with Crippen LogP contribution in [0, 0.1) is 0 Å². The van der Waals surface area contributed by atoms with Crippen molar-refractivity contribution in [2.75, 3.05) is 7.11 Å². The average Bonchev–Trinajstić information content (AvgIpc) is 2.36. The molecule has 5 heteroatoms. The summed E-state index contributed by atoms with van der Waals surface area (Å²) in [4.78, 5) is 29.9. The van der Waals surface area contributed by atoms with Gasteiger partial charge in [0.15, 0.2) is 0 Å². The van der Waals surface area contributed by atoms with E-state index in [9.17, 15) is 9.59 Å². The number of benzene rings is 1. The molecule has 110 valence electrons. The van der Waals surface area contributed by atoms with Gasteiger partial charge in [-0.2, -0.15) is 0 Å². The fourth-order valence-corrected chi connectivity index (χ4v) is 5.29. The van der Waals surface area contributed by atoms with Crippen molar-refractivity contribution < 1.29 is 14.3 Å². The minimum atomic E-state index is -2.03. The Morgan fingerprint density at radius 3 is 2.15 bits per heavy atom. The molecule has 1 aromatic carbocycles. The molecule has 0 aliphatic rings. The Labute approximate surface area is 124 Å². The van der Waals surface area contributed by atoms with Crippen molar-refractivity contribution in [2.45, 2.75) is 34.2 Å². The number of esters is 1.